The van der Waals surface area contributed by atoms with Gasteiger partial charge in [-0.2, -0.15) is 0 Å². The molecule has 0 saturated carbocycles. The number of nitrogens with one attached hydrogen (secondary N) is 4. The van der Waals surface area contributed by atoms with E-state index in [0.717, 1.165) is 11.1 Å². The summed E-state index contributed by atoms with van der Waals surface area (Å²) in [5, 5.41) is 8.24. The molecule has 0 aliphatic rings. The van der Waals surface area contributed by atoms with Gasteiger partial charge in [-0.25, -0.2) is 17.9 Å². The van der Waals surface area contributed by atoms with Crippen molar-refractivity contribution >= 4 is 27.6 Å². The standard InChI is InChI=1S/C25H36N4O4S/c1-17(2)14-22(28-24(31)26-16-19-12-10-18(3)11-13-19)23(30)27-20-8-7-9-21(15-20)34(32,33)29-25(4,5)6/h7-13,15,17,22,29H,14,16H2,1-6H3,(H,27,30)(H2,26,28,31)/t22-/m1/s1. The fraction of sp³-hybridized carbons (Fsp3) is 0.440. The average Bonchev–Trinajstić information content (AvgIpc) is 2.71. The monoisotopic (exact) mass is 488 g/mol. The minimum Gasteiger partial charge on any atom is -0.334 e. The van der Waals surface area contributed by atoms with Crippen molar-refractivity contribution in [1.29, 1.82) is 0 Å². The Balaban J connectivity index is 2.07. The molecule has 0 aromatic heterocycles. The molecule has 2 aromatic rings. The van der Waals surface area contributed by atoms with Crippen molar-refractivity contribution in [1.82, 2.24) is 15.4 Å². The summed E-state index contributed by atoms with van der Waals surface area (Å²) in [7, 11) is -3.75. The Hall–Kier alpha value is -2.91. The van der Waals surface area contributed by atoms with Gasteiger partial charge in [0, 0.05) is 17.8 Å². The molecule has 186 valence electrons. The van der Waals surface area contributed by atoms with Gasteiger partial charge in [0.05, 0.1) is 4.90 Å². The molecular formula is C25H36N4O4S. The molecule has 3 amide bonds. The van der Waals surface area contributed by atoms with Gasteiger partial charge in [-0.15, -0.1) is 0 Å². The van der Waals surface area contributed by atoms with E-state index in [4.69, 9.17) is 0 Å². The number of sulfonamides is 1. The van der Waals surface area contributed by atoms with E-state index in [2.05, 4.69) is 20.7 Å². The highest BCUT2D eigenvalue weighted by molar-refractivity contribution is 7.89. The first-order chi connectivity index (χ1) is 15.7. The highest BCUT2D eigenvalue weighted by atomic mass is 32.2. The summed E-state index contributed by atoms with van der Waals surface area (Å²) < 4.78 is 27.9. The van der Waals surface area contributed by atoms with Crippen LogP contribution in [0.15, 0.2) is 53.4 Å². The van der Waals surface area contributed by atoms with Crippen LogP contribution in [0.5, 0.6) is 0 Å². The number of rotatable bonds is 9. The van der Waals surface area contributed by atoms with E-state index in [1.54, 1.807) is 32.9 Å². The van der Waals surface area contributed by atoms with Gasteiger partial charge in [0.25, 0.3) is 0 Å². The largest absolute Gasteiger partial charge is 0.334 e. The predicted octanol–water partition coefficient (Wildman–Crippen LogP) is 3.92. The van der Waals surface area contributed by atoms with Gasteiger partial charge in [0.1, 0.15) is 6.04 Å². The molecule has 2 aromatic carbocycles. The zero-order chi connectivity index (χ0) is 25.5. The fourth-order valence-electron chi connectivity index (χ4n) is 3.23. The van der Waals surface area contributed by atoms with Crippen molar-refractivity contribution in [3.63, 3.8) is 0 Å². The molecule has 0 unspecified atom stereocenters. The van der Waals surface area contributed by atoms with Gasteiger partial charge in [-0.1, -0.05) is 49.7 Å². The predicted molar refractivity (Wildman–Crippen MR) is 135 cm³/mol. The van der Waals surface area contributed by atoms with Gasteiger partial charge >= 0.3 is 6.03 Å². The fourth-order valence-corrected chi connectivity index (χ4v) is 4.70. The van der Waals surface area contributed by atoms with Gasteiger partial charge in [0.15, 0.2) is 0 Å². The zero-order valence-electron chi connectivity index (χ0n) is 20.7. The highest BCUT2D eigenvalue weighted by Crippen LogP contribution is 2.18. The second-order valence-electron chi connectivity index (χ2n) is 9.87. The van der Waals surface area contributed by atoms with E-state index in [0.29, 0.717) is 18.7 Å². The van der Waals surface area contributed by atoms with Gasteiger partial charge in [0.2, 0.25) is 15.9 Å². The van der Waals surface area contributed by atoms with Crippen LogP contribution >= 0.6 is 0 Å². The van der Waals surface area contributed by atoms with Crippen LogP contribution in [0.25, 0.3) is 0 Å². The molecule has 0 saturated heterocycles. The van der Waals surface area contributed by atoms with Crippen LogP contribution in [0.3, 0.4) is 0 Å². The Kier molecular flexibility index (Phi) is 9.23. The maximum atomic E-state index is 13.0. The number of anilines is 1. The first-order valence-electron chi connectivity index (χ1n) is 11.3. The Bertz CT molecular complexity index is 1090. The minimum atomic E-state index is -3.75. The number of hydrogen-bond acceptors (Lipinski definition) is 4. The summed E-state index contributed by atoms with van der Waals surface area (Å²) >= 11 is 0. The number of aryl methyl sites for hydroxylation is 1. The lowest BCUT2D eigenvalue weighted by atomic mass is 10.0. The molecule has 8 nitrogen and oxygen atoms in total. The lowest BCUT2D eigenvalue weighted by Crippen LogP contribution is -2.48. The van der Waals surface area contributed by atoms with Crippen LogP contribution in [-0.4, -0.2) is 31.9 Å². The second kappa shape index (κ2) is 11.5. The number of urea groups is 1. The van der Waals surface area contributed by atoms with Crippen LogP contribution in [0.4, 0.5) is 10.5 Å². The third-order valence-electron chi connectivity index (χ3n) is 4.76. The molecule has 0 heterocycles. The Morgan fingerprint density at radius 3 is 2.24 bits per heavy atom. The van der Waals surface area contributed by atoms with E-state index < -0.39 is 33.5 Å². The Morgan fingerprint density at radius 1 is 1.00 bits per heavy atom. The lowest BCUT2D eigenvalue weighted by Gasteiger charge is -2.22. The number of carbonyl (C=O) groups is 2. The van der Waals surface area contributed by atoms with Crippen LogP contribution in [0.2, 0.25) is 0 Å². The normalized spacial score (nSPS) is 12.8. The zero-order valence-corrected chi connectivity index (χ0v) is 21.5. The van der Waals surface area contributed by atoms with Crippen molar-refractivity contribution in [2.24, 2.45) is 5.92 Å². The molecule has 0 aliphatic carbocycles. The molecule has 1 atom stereocenters. The van der Waals surface area contributed by atoms with E-state index in [1.165, 1.54) is 12.1 Å². The van der Waals surface area contributed by atoms with Crippen molar-refractivity contribution in [2.75, 3.05) is 5.32 Å². The van der Waals surface area contributed by atoms with Crippen LogP contribution in [0.1, 0.15) is 52.2 Å². The van der Waals surface area contributed by atoms with Crippen LogP contribution < -0.4 is 20.7 Å². The summed E-state index contributed by atoms with van der Waals surface area (Å²) in [6.45, 7) is 11.5. The van der Waals surface area contributed by atoms with Crippen molar-refractivity contribution in [2.45, 2.75) is 71.0 Å². The minimum absolute atomic E-state index is 0.0458. The SMILES string of the molecule is Cc1ccc(CNC(=O)N[C@H](CC(C)C)C(=O)Nc2cccc(S(=O)(=O)NC(C)(C)C)c2)cc1. The third kappa shape index (κ3) is 9.15. The first kappa shape index (κ1) is 27.3. The van der Waals surface area contributed by atoms with E-state index in [9.17, 15) is 18.0 Å². The number of amides is 3. The lowest BCUT2D eigenvalue weighted by molar-refractivity contribution is -0.118. The molecule has 34 heavy (non-hydrogen) atoms. The van der Waals surface area contributed by atoms with Crippen molar-refractivity contribution in [3.05, 3.63) is 59.7 Å². The number of benzene rings is 2. The Morgan fingerprint density at radius 2 is 1.65 bits per heavy atom. The summed E-state index contributed by atoms with van der Waals surface area (Å²) in [5.41, 5.74) is 1.77. The summed E-state index contributed by atoms with van der Waals surface area (Å²) in [6, 6.07) is 12.6. The summed E-state index contributed by atoms with van der Waals surface area (Å²) in [4.78, 5) is 25.5. The molecular weight excluding hydrogens is 452 g/mol. The molecule has 0 fully saturated rings. The molecule has 0 spiro atoms. The van der Waals surface area contributed by atoms with Gasteiger partial charge in [-0.3, -0.25) is 4.79 Å². The average molecular weight is 489 g/mol. The molecule has 0 bridgehead atoms. The molecule has 2 rings (SSSR count). The third-order valence-corrected chi connectivity index (χ3v) is 6.51. The molecule has 0 radical (unpaired) electrons. The van der Waals surface area contributed by atoms with Crippen LogP contribution in [-0.2, 0) is 21.4 Å². The molecule has 9 heteroatoms. The van der Waals surface area contributed by atoms with Gasteiger partial charge < -0.3 is 16.0 Å². The van der Waals surface area contributed by atoms with E-state index in [1.807, 2.05) is 45.0 Å². The Labute approximate surface area is 203 Å². The maximum Gasteiger partial charge on any atom is 0.315 e. The number of carbonyl (C=O) groups excluding carboxylic acids is 2. The smallest absolute Gasteiger partial charge is 0.315 e. The topological polar surface area (TPSA) is 116 Å². The quantitative estimate of drug-likeness (QED) is 0.428. The van der Waals surface area contributed by atoms with E-state index in [-0.39, 0.29) is 10.8 Å². The number of hydrogen-bond donors (Lipinski definition) is 4. The van der Waals surface area contributed by atoms with Crippen molar-refractivity contribution < 1.29 is 18.0 Å². The molecule has 4 N–H and O–H groups in total. The first-order valence-corrected chi connectivity index (χ1v) is 12.8. The maximum absolute atomic E-state index is 13.0. The molecule has 0 aliphatic heterocycles. The summed E-state index contributed by atoms with van der Waals surface area (Å²) in [5.74, 6) is -0.270. The van der Waals surface area contributed by atoms with Gasteiger partial charge in [-0.05, 0) is 63.8 Å². The van der Waals surface area contributed by atoms with E-state index >= 15 is 0 Å². The second-order valence-corrected chi connectivity index (χ2v) is 11.5. The van der Waals surface area contributed by atoms with Crippen molar-refractivity contribution in [3.8, 4) is 0 Å². The highest BCUT2D eigenvalue weighted by Gasteiger charge is 2.24. The van der Waals surface area contributed by atoms with Crippen LogP contribution in [0, 0.1) is 12.8 Å². The summed E-state index contributed by atoms with van der Waals surface area (Å²) in [6.07, 6.45) is 0.424.